The molecule has 0 saturated heterocycles. The predicted octanol–water partition coefficient (Wildman–Crippen LogP) is 2.06. The number of nitrogen functional groups attached to an aromatic ring is 1. The van der Waals surface area contributed by atoms with Gasteiger partial charge < -0.3 is 10.5 Å². The largest absolute Gasteiger partial charge is 0.474 e. The number of hydrogen-bond acceptors (Lipinski definition) is 5. The highest BCUT2D eigenvalue weighted by Crippen LogP contribution is 2.27. The van der Waals surface area contributed by atoms with Gasteiger partial charge in [0, 0.05) is 0 Å². The Morgan fingerprint density at radius 3 is 2.93 bits per heavy atom. The van der Waals surface area contributed by atoms with Crippen LogP contribution in [0.4, 0.5) is 5.95 Å². The first-order chi connectivity index (χ1) is 6.66. The highest BCUT2D eigenvalue weighted by atomic mass is 32.1. The van der Waals surface area contributed by atoms with E-state index in [1.807, 2.05) is 25.3 Å². The smallest absolute Gasteiger partial charge is 0.227 e. The predicted molar refractivity (Wildman–Crippen MR) is 57.6 cm³/mol. The summed E-state index contributed by atoms with van der Waals surface area (Å²) in [5.41, 5.74) is 5.56. The maximum atomic E-state index is 5.56. The lowest BCUT2D eigenvalue weighted by molar-refractivity contribution is 0.236. The molecule has 0 atom stereocenters. The molecule has 0 radical (unpaired) electrons. The van der Waals surface area contributed by atoms with Crippen LogP contribution < -0.4 is 10.5 Å². The molecule has 0 aliphatic rings. The molecule has 0 bridgehead atoms. The first kappa shape index (κ1) is 9.21. The number of anilines is 1. The monoisotopic (exact) mass is 209 g/mol. The normalized spacial score (nSPS) is 11.1. The van der Waals surface area contributed by atoms with Crippen molar-refractivity contribution in [1.82, 2.24) is 9.97 Å². The SMILES string of the molecule is CC(C)Oc1nc(N)nc2sccc12. The van der Waals surface area contributed by atoms with Crippen LogP contribution in [0.15, 0.2) is 11.4 Å². The highest BCUT2D eigenvalue weighted by Gasteiger charge is 2.09. The zero-order valence-corrected chi connectivity index (χ0v) is 8.84. The maximum Gasteiger partial charge on any atom is 0.227 e. The highest BCUT2D eigenvalue weighted by molar-refractivity contribution is 7.16. The van der Waals surface area contributed by atoms with Crippen molar-refractivity contribution < 1.29 is 4.74 Å². The van der Waals surface area contributed by atoms with Gasteiger partial charge in [-0.1, -0.05) is 0 Å². The van der Waals surface area contributed by atoms with E-state index in [1.165, 1.54) is 11.3 Å². The third-order valence-electron chi connectivity index (χ3n) is 1.65. The number of thiophene rings is 1. The number of fused-ring (bicyclic) bond motifs is 1. The van der Waals surface area contributed by atoms with Gasteiger partial charge in [0.05, 0.1) is 11.5 Å². The van der Waals surface area contributed by atoms with Gasteiger partial charge in [-0.15, -0.1) is 11.3 Å². The summed E-state index contributed by atoms with van der Waals surface area (Å²) in [4.78, 5) is 9.04. The summed E-state index contributed by atoms with van der Waals surface area (Å²) in [5, 5.41) is 2.88. The molecular formula is C9H11N3OS. The zero-order chi connectivity index (χ0) is 10.1. The van der Waals surface area contributed by atoms with Gasteiger partial charge in [-0.3, -0.25) is 0 Å². The first-order valence-electron chi connectivity index (χ1n) is 4.34. The lowest BCUT2D eigenvalue weighted by Crippen LogP contribution is -2.08. The minimum absolute atomic E-state index is 0.0902. The molecule has 2 aromatic heterocycles. The summed E-state index contributed by atoms with van der Waals surface area (Å²) >= 11 is 1.53. The molecule has 2 heterocycles. The van der Waals surface area contributed by atoms with Crippen molar-refractivity contribution in [1.29, 1.82) is 0 Å². The summed E-state index contributed by atoms with van der Waals surface area (Å²) in [6, 6.07) is 1.94. The molecule has 74 valence electrons. The van der Waals surface area contributed by atoms with Crippen molar-refractivity contribution in [2.45, 2.75) is 20.0 Å². The Morgan fingerprint density at radius 1 is 1.43 bits per heavy atom. The molecule has 2 rings (SSSR count). The van der Waals surface area contributed by atoms with Gasteiger partial charge in [-0.25, -0.2) is 4.98 Å². The van der Waals surface area contributed by atoms with E-state index in [1.54, 1.807) is 0 Å². The molecule has 0 spiro atoms. The number of nitrogens with zero attached hydrogens (tertiary/aromatic N) is 2. The summed E-state index contributed by atoms with van der Waals surface area (Å²) in [6.45, 7) is 3.91. The van der Waals surface area contributed by atoms with Gasteiger partial charge in [0.25, 0.3) is 0 Å². The summed E-state index contributed by atoms with van der Waals surface area (Å²) < 4.78 is 5.54. The van der Waals surface area contributed by atoms with E-state index >= 15 is 0 Å². The number of nitrogens with two attached hydrogens (primary N) is 1. The van der Waals surface area contributed by atoms with E-state index in [0.717, 1.165) is 10.2 Å². The van der Waals surface area contributed by atoms with Gasteiger partial charge in [0.2, 0.25) is 11.8 Å². The van der Waals surface area contributed by atoms with Gasteiger partial charge in [-0.05, 0) is 25.3 Å². The quantitative estimate of drug-likeness (QED) is 0.822. The van der Waals surface area contributed by atoms with Crippen molar-refractivity contribution in [2.24, 2.45) is 0 Å². The van der Waals surface area contributed by atoms with Crippen LogP contribution in [-0.4, -0.2) is 16.1 Å². The van der Waals surface area contributed by atoms with E-state index in [9.17, 15) is 0 Å². The van der Waals surface area contributed by atoms with Gasteiger partial charge in [0.1, 0.15) is 4.83 Å². The van der Waals surface area contributed by atoms with Crippen LogP contribution in [-0.2, 0) is 0 Å². The second-order valence-corrected chi connectivity index (χ2v) is 4.09. The third kappa shape index (κ3) is 1.63. The molecule has 0 unspecified atom stereocenters. The van der Waals surface area contributed by atoms with E-state index in [-0.39, 0.29) is 12.1 Å². The second-order valence-electron chi connectivity index (χ2n) is 3.19. The van der Waals surface area contributed by atoms with Crippen LogP contribution in [0, 0.1) is 0 Å². The molecule has 2 aromatic rings. The van der Waals surface area contributed by atoms with E-state index in [2.05, 4.69) is 9.97 Å². The van der Waals surface area contributed by atoms with Crippen LogP contribution in [0.5, 0.6) is 5.88 Å². The molecule has 14 heavy (non-hydrogen) atoms. The van der Waals surface area contributed by atoms with Crippen molar-refractivity contribution in [2.75, 3.05) is 5.73 Å². The summed E-state index contributed by atoms with van der Waals surface area (Å²) in [7, 11) is 0. The van der Waals surface area contributed by atoms with E-state index < -0.39 is 0 Å². The van der Waals surface area contributed by atoms with Gasteiger partial charge >= 0.3 is 0 Å². The number of ether oxygens (including phenoxy) is 1. The van der Waals surface area contributed by atoms with Gasteiger partial charge in [-0.2, -0.15) is 4.98 Å². The molecule has 5 heteroatoms. The van der Waals surface area contributed by atoms with E-state index in [4.69, 9.17) is 10.5 Å². The van der Waals surface area contributed by atoms with Crippen LogP contribution in [0.25, 0.3) is 10.2 Å². The number of aromatic nitrogens is 2. The minimum Gasteiger partial charge on any atom is -0.474 e. The number of rotatable bonds is 2. The molecular weight excluding hydrogens is 198 g/mol. The van der Waals surface area contributed by atoms with Crippen molar-refractivity contribution in [3.63, 3.8) is 0 Å². The Bertz CT molecular complexity index is 452. The van der Waals surface area contributed by atoms with Crippen molar-refractivity contribution in [3.05, 3.63) is 11.4 Å². The van der Waals surface area contributed by atoms with Crippen LogP contribution in [0.2, 0.25) is 0 Å². The number of hydrogen-bond donors (Lipinski definition) is 1. The molecule has 0 saturated carbocycles. The first-order valence-corrected chi connectivity index (χ1v) is 5.22. The molecule has 4 nitrogen and oxygen atoms in total. The lowest BCUT2D eigenvalue weighted by atomic mass is 10.4. The maximum absolute atomic E-state index is 5.56. The van der Waals surface area contributed by atoms with Gasteiger partial charge in [0.15, 0.2) is 0 Å². The van der Waals surface area contributed by atoms with Crippen molar-refractivity contribution in [3.8, 4) is 5.88 Å². The topological polar surface area (TPSA) is 61.0 Å². The van der Waals surface area contributed by atoms with E-state index in [0.29, 0.717) is 5.88 Å². The molecule has 0 aliphatic heterocycles. The average Bonchev–Trinajstić information content (AvgIpc) is 2.50. The fraction of sp³-hybridized carbons (Fsp3) is 0.333. The van der Waals surface area contributed by atoms with Crippen LogP contribution >= 0.6 is 11.3 Å². The summed E-state index contributed by atoms with van der Waals surface area (Å²) in [6.07, 6.45) is 0.0902. The minimum atomic E-state index is 0.0902. The lowest BCUT2D eigenvalue weighted by Gasteiger charge is -2.09. The molecule has 0 aromatic carbocycles. The second kappa shape index (κ2) is 3.42. The Morgan fingerprint density at radius 2 is 2.21 bits per heavy atom. The van der Waals surface area contributed by atoms with Crippen LogP contribution in [0.1, 0.15) is 13.8 Å². The fourth-order valence-electron chi connectivity index (χ4n) is 1.16. The Kier molecular flexibility index (Phi) is 2.25. The third-order valence-corrected chi connectivity index (χ3v) is 2.46. The molecule has 2 N–H and O–H groups in total. The average molecular weight is 209 g/mol. The van der Waals surface area contributed by atoms with Crippen LogP contribution in [0.3, 0.4) is 0 Å². The Labute approximate surface area is 85.7 Å². The molecule has 0 amide bonds. The zero-order valence-electron chi connectivity index (χ0n) is 8.02. The summed E-state index contributed by atoms with van der Waals surface area (Å²) in [5.74, 6) is 0.833. The Hall–Kier alpha value is -1.36. The molecule has 0 fully saturated rings. The molecule has 0 aliphatic carbocycles. The fourth-order valence-corrected chi connectivity index (χ4v) is 1.92. The Balaban J connectivity index is 2.55. The standard InChI is InChI=1S/C9H11N3OS/c1-5(2)13-7-6-3-4-14-8(6)12-9(10)11-7/h3-5H,1-2H3,(H2,10,11,12). The van der Waals surface area contributed by atoms with Crippen molar-refractivity contribution >= 4 is 27.5 Å².